The van der Waals surface area contributed by atoms with Gasteiger partial charge in [0.2, 0.25) is 0 Å². The Morgan fingerprint density at radius 2 is 2.06 bits per heavy atom. The van der Waals surface area contributed by atoms with Crippen LogP contribution in [-0.2, 0) is 0 Å². The smallest absolute Gasteiger partial charge is 0.270 e. The number of pyridine rings is 1. The molecular weight excluding hydrogens is 236 g/mol. The topological polar surface area (TPSA) is 45.8 Å². The van der Waals surface area contributed by atoms with Gasteiger partial charge < -0.3 is 4.98 Å². The zero-order valence-electron chi connectivity index (χ0n) is 9.12. The Kier molecular flexibility index (Phi) is 2.16. The normalized spacial score (nSPS) is 11.2. The number of para-hydroxylation sites is 1. The summed E-state index contributed by atoms with van der Waals surface area (Å²) < 4.78 is 0. The van der Waals surface area contributed by atoms with Crippen LogP contribution in [0, 0.1) is 6.92 Å². The highest BCUT2D eigenvalue weighted by Gasteiger charge is 2.11. The van der Waals surface area contributed by atoms with Crippen LogP contribution in [0.3, 0.4) is 0 Å². The molecule has 4 heteroatoms. The van der Waals surface area contributed by atoms with E-state index in [9.17, 15) is 4.79 Å². The third-order valence-electron chi connectivity index (χ3n) is 2.88. The van der Waals surface area contributed by atoms with Crippen molar-refractivity contribution in [2.75, 3.05) is 0 Å². The van der Waals surface area contributed by atoms with Crippen LogP contribution in [0.2, 0.25) is 0 Å². The molecule has 3 rings (SSSR count). The zero-order chi connectivity index (χ0) is 12.0. The summed E-state index contributed by atoms with van der Waals surface area (Å²) in [7, 11) is 0. The van der Waals surface area contributed by atoms with Crippen LogP contribution in [0.4, 0.5) is 0 Å². The number of carbonyl (C=O) groups excluding carboxylic acids is 1. The summed E-state index contributed by atoms with van der Waals surface area (Å²) in [5.74, 6) is 0. The summed E-state index contributed by atoms with van der Waals surface area (Å²) in [5, 5.41) is 1.53. The molecule has 0 unspecified atom stereocenters. The highest BCUT2D eigenvalue weighted by atomic mass is 35.5. The van der Waals surface area contributed by atoms with Crippen molar-refractivity contribution in [2.24, 2.45) is 0 Å². The van der Waals surface area contributed by atoms with Gasteiger partial charge in [-0.1, -0.05) is 18.2 Å². The molecule has 0 radical (unpaired) electrons. The van der Waals surface area contributed by atoms with Crippen LogP contribution >= 0.6 is 11.6 Å². The second kappa shape index (κ2) is 3.57. The molecule has 17 heavy (non-hydrogen) atoms. The average molecular weight is 245 g/mol. The Morgan fingerprint density at radius 1 is 1.29 bits per heavy atom. The molecule has 0 saturated carbocycles. The monoisotopic (exact) mass is 244 g/mol. The third kappa shape index (κ3) is 1.51. The second-order valence-corrected chi connectivity index (χ2v) is 4.30. The van der Waals surface area contributed by atoms with E-state index in [1.165, 1.54) is 0 Å². The number of nitrogens with zero attached hydrogens (tertiary/aromatic N) is 1. The van der Waals surface area contributed by atoms with Crippen LogP contribution in [0.5, 0.6) is 0 Å². The Bertz CT molecular complexity index is 746. The number of nitrogens with one attached hydrogen (secondary N) is 1. The predicted molar refractivity (Wildman–Crippen MR) is 68.5 cm³/mol. The molecule has 0 fully saturated rings. The molecule has 0 aliphatic rings. The van der Waals surface area contributed by atoms with Crippen LogP contribution in [-0.4, -0.2) is 15.2 Å². The minimum absolute atomic E-state index is 0.293. The molecule has 3 nitrogen and oxygen atoms in total. The molecule has 0 saturated heterocycles. The molecule has 0 amide bonds. The van der Waals surface area contributed by atoms with E-state index in [2.05, 4.69) is 9.97 Å². The summed E-state index contributed by atoms with van der Waals surface area (Å²) in [6.45, 7) is 1.86. The van der Waals surface area contributed by atoms with E-state index in [0.717, 1.165) is 27.5 Å². The fraction of sp³-hybridized carbons (Fsp3) is 0.0769. The molecule has 0 spiro atoms. The first-order valence-corrected chi connectivity index (χ1v) is 5.62. The fourth-order valence-electron chi connectivity index (χ4n) is 2.11. The highest BCUT2D eigenvalue weighted by molar-refractivity contribution is 6.67. The SMILES string of the molecule is Cc1nc(C(=O)Cl)cc2c1[nH]c1ccccc12. The number of H-pyrrole nitrogens is 1. The van der Waals surface area contributed by atoms with Crippen LogP contribution in [0.15, 0.2) is 30.3 Å². The molecule has 0 aliphatic heterocycles. The summed E-state index contributed by atoms with van der Waals surface area (Å²) in [4.78, 5) is 18.7. The van der Waals surface area contributed by atoms with Crippen LogP contribution < -0.4 is 0 Å². The van der Waals surface area contributed by atoms with E-state index in [4.69, 9.17) is 11.6 Å². The molecule has 3 aromatic rings. The number of rotatable bonds is 1. The largest absolute Gasteiger partial charge is 0.353 e. The van der Waals surface area contributed by atoms with Gasteiger partial charge in [0.25, 0.3) is 5.24 Å². The lowest BCUT2D eigenvalue weighted by atomic mass is 10.1. The number of fused-ring (bicyclic) bond motifs is 3. The average Bonchev–Trinajstić information content (AvgIpc) is 2.68. The molecule has 0 aliphatic carbocycles. The van der Waals surface area contributed by atoms with E-state index in [1.54, 1.807) is 6.07 Å². The summed E-state index contributed by atoms with van der Waals surface area (Å²) >= 11 is 5.48. The summed E-state index contributed by atoms with van der Waals surface area (Å²) in [6.07, 6.45) is 0. The lowest BCUT2D eigenvalue weighted by Crippen LogP contribution is -1.96. The first-order valence-electron chi connectivity index (χ1n) is 5.25. The van der Waals surface area contributed by atoms with E-state index < -0.39 is 5.24 Å². The zero-order valence-corrected chi connectivity index (χ0v) is 9.88. The van der Waals surface area contributed by atoms with Gasteiger partial charge in [-0.15, -0.1) is 0 Å². The van der Waals surface area contributed by atoms with Gasteiger partial charge >= 0.3 is 0 Å². The molecule has 2 heterocycles. The Hall–Kier alpha value is -1.87. The Balaban J connectivity index is 2.50. The van der Waals surface area contributed by atoms with E-state index in [0.29, 0.717) is 5.69 Å². The standard InChI is InChI=1S/C13H9ClN2O/c1-7-12-9(6-11(15-7)13(14)17)8-4-2-3-5-10(8)16-12/h2-6,16H,1H3. The number of aromatic amines is 1. The molecule has 1 N–H and O–H groups in total. The van der Waals surface area contributed by atoms with E-state index >= 15 is 0 Å². The van der Waals surface area contributed by atoms with Crippen molar-refractivity contribution in [3.05, 3.63) is 41.7 Å². The predicted octanol–water partition coefficient (Wildman–Crippen LogP) is 3.40. The maximum atomic E-state index is 11.2. The van der Waals surface area contributed by atoms with Crippen molar-refractivity contribution < 1.29 is 4.79 Å². The first-order chi connectivity index (χ1) is 8.16. The van der Waals surface area contributed by atoms with Crippen molar-refractivity contribution in [3.8, 4) is 0 Å². The van der Waals surface area contributed by atoms with Crippen molar-refractivity contribution in [1.29, 1.82) is 0 Å². The summed E-state index contributed by atoms with van der Waals surface area (Å²) in [5.41, 5.74) is 3.06. The molecule has 84 valence electrons. The number of benzene rings is 1. The van der Waals surface area contributed by atoms with E-state index in [1.807, 2.05) is 31.2 Å². The van der Waals surface area contributed by atoms with Gasteiger partial charge in [0, 0.05) is 16.3 Å². The third-order valence-corrected chi connectivity index (χ3v) is 3.07. The van der Waals surface area contributed by atoms with Crippen molar-refractivity contribution in [1.82, 2.24) is 9.97 Å². The van der Waals surface area contributed by atoms with Gasteiger partial charge in [-0.3, -0.25) is 4.79 Å². The molecule has 2 aromatic heterocycles. The van der Waals surface area contributed by atoms with Crippen LogP contribution in [0.1, 0.15) is 16.2 Å². The van der Waals surface area contributed by atoms with Gasteiger partial charge in [0.15, 0.2) is 0 Å². The molecular formula is C13H9ClN2O. The van der Waals surface area contributed by atoms with Gasteiger partial charge in [0.1, 0.15) is 5.69 Å². The molecule has 1 aromatic carbocycles. The lowest BCUT2D eigenvalue weighted by molar-refractivity contribution is 0.107. The Labute approximate surface area is 102 Å². The lowest BCUT2D eigenvalue weighted by Gasteiger charge is -1.98. The number of carbonyl (C=O) groups is 1. The minimum atomic E-state index is -0.528. The maximum absolute atomic E-state index is 11.2. The Morgan fingerprint density at radius 3 is 2.82 bits per heavy atom. The first kappa shape index (κ1) is 10.3. The number of halogens is 1. The number of hydrogen-bond donors (Lipinski definition) is 1. The second-order valence-electron chi connectivity index (χ2n) is 3.96. The number of aromatic nitrogens is 2. The van der Waals surface area contributed by atoms with Gasteiger partial charge in [-0.2, -0.15) is 0 Å². The number of aryl methyl sites for hydroxylation is 1. The quantitative estimate of drug-likeness (QED) is 0.667. The van der Waals surface area contributed by atoms with E-state index in [-0.39, 0.29) is 0 Å². The fourth-order valence-corrected chi connectivity index (χ4v) is 2.20. The van der Waals surface area contributed by atoms with Gasteiger partial charge in [-0.05, 0) is 30.7 Å². The minimum Gasteiger partial charge on any atom is -0.353 e. The highest BCUT2D eigenvalue weighted by Crippen LogP contribution is 2.27. The molecule has 0 bridgehead atoms. The summed E-state index contributed by atoms with van der Waals surface area (Å²) in [6, 6.07) is 9.67. The van der Waals surface area contributed by atoms with Crippen molar-refractivity contribution in [3.63, 3.8) is 0 Å². The van der Waals surface area contributed by atoms with Crippen molar-refractivity contribution in [2.45, 2.75) is 6.92 Å². The van der Waals surface area contributed by atoms with Gasteiger partial charge in [0.05, 0.1) is 11.2 Å². The molecule has 0 atom stereocenters. The van der Waals surface area contributed by atoms with Crippen LogP contribution in [0.25, 0.3) is 21.8 Å². The maximum Gasteiger partial charge on any atom is 0.270 e. The number of hydrogen-bond acceptors (Lipinski definition) is 2. The van der Waals surface area contributed by atoms with Crippen molar-refractivity contribution >= 4 is 38.6 Å². The van der Waals surface area contributed by atoms with Gasteiger partial charge in [-0.25, -0.2) is 4.98 Å².